The van der Waals surface area contributed by atoms with E-state index in [9.17, 15) is 14.7 Å². The van der Waals surface area contributed by atoms with Crippen LogP contribution >= 0.6 is 0 Å². The van der Waals surface area contributed by atoms with Crippen molar-refractivity contribution in [3.8, 4) is 16.9 Å². The van der Waals surface area contributed by atoms with Crippen molar-refractivity contribution in [2.24, 2.45) is 0 Å². The minimum Gasteiger partial charge on any atom is -0.506 e. The molecule has 5 nitrogen and oxygen atoms in total. The number of carbonyl (C=O) groups is 2. The predicted octanol–water partition coefficient (Wildman–Crippen LogP) is 2.98. The first-order valence-electron chi connectivity index (χ1n) is 6.44. The van der Waals surface area contributed by atoms with E-state index >= 15 is 0 Å². The summed E-state index contributed by atoms with van der Waals surface area (Å²) in [7, 11) is 0. The molecule has 0 unspecified atom stereocenters. The molecule has 2 aromatic rings. The topological polar surface area (TPSA) is 78.4 Å². The molecule has 5 heteroatoms. The van der Waals surface area contributed by atoms with Gasteiger partial charge in [-0.25, -0.2) is 0 Å². The smallest absolute Gasteiger partial charge is 0.221 e. The molecule has 0 fully saturated rings. The first kappa shape index (κ1) is 14.6. The maximum atomic E-state index is 11.0. The van der Waals surface area contributed by atoms with Crippen molar-refractivity contribution in [3.63, 3.8) is 0 Å². The van der Waals surface area contributed by atoms with E-state index in [0.717, 1.165) is 11.1 Å². The Bertz CT molecular complexity index is 678. The summed E-state index contributed by atoms with van der Waals surface area (Å²) in [5, 5.41) is 15.1. The van der Waals surface area contributed by atoms with Crippen molar-refractivity contribution in [2.75, 3.05) is 10.6 Å². The SMILES string of the molecule is CC(=O)Nc1ccc(-c2ccc(NC(C)=O)c(O)c2)cc1. The van der Waals surface area contributed by atoms with Crippen molar-refractivity contribution in [1.29, 1.82) is 0 Å². The molecule has 3 N–H and O–H groups in total. The standard InChI is InChI=1S/C16H16N2O3/c1-10(19)17-14-6-3-12(4-7-14)13-5-8-15(16(21)9-13)18-11(2)20/h3-9,21H,1-2H3,(H,17,19)(H,18,20). The summed E-state index contributed by atoms with van der Waals surface area (Å²) in [5.74, 6) is -0.355. The van der Waals surface area contributed by atoms with E-state index in [1.54, 1.807) is 30.3 Å². The van der Waals surface area contributed by atoms with Crippen LogP contribution in [0.2, 0.25) is 0 Å². The average Bonchev–Trinajstić information content (AvgIpc) is 2.41. The molecule has 0 aliphatic heterocycles. The van der Waals surface area contributed by atoms with Gasteiger partial charge in [-0.15, -0.1) is 0 Å². The van der Waals surface area contributed by atoms with E-state index in [4.69, 9.17) is 0 Å². The van der Waals surface area contributed by atoms with E-state index in [2.05, 4.69) is 10.6 Å². The Hall–Kier alpha value is -2.82. The summed E-state index contributed by atoms with van der Waals surface area (Å²) >= 11 is 0. The quantitative estimate of drug-likeness (QED) is 0.758. The predicted molar refractivity (Wildman–Crippen MR) is 82.2 cm³/mol. The summed E-state index contributed by atoms with van der Waals surface area (Å²) in [6, 6.07) is 12.3. The zero-order chi connectivity index (χ0) is 15.4. The van der Waals surface area contributed by atoms with Gasteiger partial charge < -0.3 is 15.7 Å². The minimum atomic E-state index is -0.238. The normalized spacial score (nSPS) is 10.0. The number of hydrogen-bond acceptors (Lipinski definition) is 3. The molecule has 0 spiro atoms. The summed E-state index contributed by atoms with van der Waals surface area (Å²) in [6.45, 7) is 2.83. The van der Waals surface area contributed by atoms with E-state index in [-0.39, 0.29) is 17.6 Å². The average molecular weight is 284 g/mol. The van der Waals surface area contributed by atoms with Crippen LogP contribution in [-0.4, -0.2) is 16.9 Å². The lowest BCUT2D eigenvalue weighted by atomic mass is 10.0. The third-order valence-electron chi connectivity index (χ3n) is 2.85. The molecule has 2 rings (SSSR count). The molecule has 0 aliphatic rings. The first-order chi connectivity index (χ1) is 9.95. The van der Waals surface area contributed by atoms with Crippen LogP contribution in [0.25, 0.3) is 11.1 Å². The summed E-state index contributed by atoms with van der Waals surface area (Å²) < 4.78 is 0. The number of benzene rings is 2. The Morgan fingerprint density at radius 3 is 1.95 bits per heavy atom. The third-order valence-corrected chi connectivity index (χ3v) is 2.85. The molecule has 0 saturated heterocycles. The van der Waals surface area contributed by atoms with Gasteiger partial charge in [0.1, 0.15) is 5.75 Å². The number of hydrogen-bond donors (Lipinski definition) is 3. The second kappa shape index (κ2) is 6.09. The van der Waals surface area contributed by atoms with Gasteiger partial charge in [0.15, 0.2) is 0 Å². The summed E-state index contributed by atoms with van der Waals surface area (Å²) in [5.41, 5.74) is 2.80. The fourth-order valence-corrected chi connectivity index (χ4v) is 1.96. The summed E-state index contributed by atoms with van der Waals surface area (Å²) in [4.78, 5) is 21.9. The van der Waals surface area contributed by atoms with Gasteiger partial charge in [0, 0.05) is 19.5 Å². The Labute approximate surface area is 122 Å². The number of nitrogens with one attached hydrogen (secondary N) is 2. The van der Waals surface area contributed by atoms with Gasteiger partial charge in [0.05, 0.1) is 5.69 Å². The molecule has 2 amide bonds. The molecule has 0 radical (unpaired) electrons. The molecule has 0 heterocycles. The van der Waals surface area contributed by atoms with Crippen LogP contribution in [0, 0.1) is 0 Å². The molecule has 0 aromatic heterocycles. The van der Waals surface area contributed by atoms with Gasteiger partial charge >= 0.3 is 0 Å². The van der Waals surface area contributed by atoms with Gasteiger partial charge in [-0.3, -0.25) is 9.59 Å². The van der Waals surface area contributed by atoms with E-state index in [1.807, 2.05) is 12.1 Å². The molecule has 2 aromatic carbocycles. The number of carbonyl (C=O) groups excluding carboxylic acids is 2. The number of aromatic hydroxyl groups is 1. The van der Waals surface area contributed by atoms with Gasteiger partial charge in [0.25, 0.3) is 0 Å². The van der Waals surface area contributed by atoms with Crippen LogP contribution in [-0.2, 0) is 9.59 Å². The lowest BCUT2D eigenvalue weighted by Crippen LogP contribution is -2.05. The number of anilines is 2. The Morgan fingerprint density at radius 1 is 0.857 bits per heavy atom. The lowest BCUT2D eigenvalue weighted by Gasteiger charge is -2.09. The van der Waals surface area contributed by atoms with E-state index < -0.39 is 0 Å². The molecule has 0 saturated carbocycles. The van der Waals surface area contributed by atoms with Gasteiger partial charge in [-0.05, 0) is 35.4 Å². The van der Waals surface area contributed by atoms with Gasteiger partial charge in [0.2, 0.25) is 11.8 Å². The first-order valence-corrected chi connectivity index (χ1v) is 6.44. The highest BCUT2D eigenvalue weighted by Crippen LogP contribution is 2.30. The molecule has 108 valence electrons. The summed E-state index contributed by atoms with van der Waals surface area (Å²) in [6.07, 6.45) is 0. The monoisotopic (exact) mass is 284 g/mol. The van der Waals surface area contributed by atoms with Gasteiger partial charge in [-0.2, -0.15) is 0 Å². The number of phenolic OH excluding ortho intramolecular Hbond substituents is 1. The minimum absolute atomic E-state index is 0.00800. The maximum absolute atomic E-state index is 11.0. The maximum Gasteiger partial charge on any atom is 0.221 e. The Kier molecular flexibility index (Phi) is 4.23. The van der Waals surface area contributed by atoms with Crippen LogP contribution in [0.3, 0.4) is 0 Å². The fraction of sp³-hybridized carbons (Fsp3) is 0.125. The molecular formula is C16H16N2O3. The van der Waals surface area contributed by atoms with E-state index in [1.165, 1.54) is 13.8 Å². The lowest BCUT2D eigenvalue weighted by molar-refractivity contribution is -0.115. The van der Waals surface area contributed by atoms with Crippen LogP contribution < -0.4 is 10.6 Å². The van der Waals surface area contributed by atoms with Crippen LogP contribution in [0.5, 0.6) is 5.75 Å². The van der Waals surface area contributed by atoms with Crippen molar-refractivity contribution < 1.29 is 14.7 Å². The van der Waals surface area contributed by atoms with Crippen molar-refractivity contribution in [3.05, 3.63) is 42.5 Å². The Balaban J connectivity index is 2.24. The molecule has 0 aliphatic carbocycles. The zero-order valence-corrected chi connectivity index (χ0v) is 11.8. The third kappa shape index (κ3) is 3.82. The van der Waals surface area contributed by atoms with Crippen LogP contribution in [0.4, 0.5) is 11.4 Å². The fourth-order valence-electron chi connectivity index (χ4n) is 1.96. The highest BCUT2D eigenvalue weighted by molar-refractivity contribution is 5.91. The van der Waals surface area contributed by atoms with Crippen molar-refractivity contribution in [2.45, 2.75) is 13.8 Å². The van der Waals surface area contributed by atoms with E-state index in [0.29, 0.717) is 11.4 Å². The second-order valence-electron chi connectivity index (χ2n) is 4.67. The number of phenols is 1. The van der Waals surface area contributed by atoms with Crippen LogP contribution in [0.1, 0.15) is 13.8 Å². The molecule has 21 heavy (non-hydrogen) atoms. The van der Waals surface area contributed by atoms with Crippen molar-refractivity contribution in [1.82, 2.24) is 0 Å². The second-order valence-corrected chi connectivity index (χ2v) is 4.67. The van der Waals surface area contributed by atoms with Crippen LogP contribution in [0.15, 0.2) is 42.5 Å². The molecule has 0 bridgehead atoms. The molecular weight excluding hydrogens is 268 g/mol. The highest BCUT2D eigenvalue weighted by Gasteiger charge is 2.06. The highest BCUT2D eigenvalue weighted by atomic mass is 16.3. The largest absolute Gasteiger partial charge is 0.506 e. The Morgan fingerprint density at radius 2 is 1.43 bits per heavy atom. The number of amides is 2. The zero-order valence-electron chi connectivity index (χ0n) is 11.8. The van der Waals surface area contributed by atoms with Gasteiger partial charge in [-0.1, -0.05) is 18.2 Å². The van der Waals surface area contributed by atoms with Crippen molar-refractivity contribution >= 4 is 23.2 Å². The molecule has 0 atom stereocenters. The number of rotatable bonds is 3.